The Morgan fingerprint density at radius 2 is 2.20 bits per heavy atom. The van der Waals surface area contributed by atoms with E-state index in [1.807, 2.05) is 17.5 Å². The third kappa shape index (κ3) is 3.07. The van der Waals surface area contributed by atoms with Crippen LogP contribution in [0.4, 0.5) is 0 Å². The van der Waals surface area contributed by atoms with Gasteiger partial charge in [-0.2, -0.15) is 0 Å². The molecule has 20 heavy (non-hydrogen) atoms. The highest BCUT2D eigenvalue weighted by molar-refractivity contribution is 7.11. The van der Waals surface area contributed by atoms with Crippen LogP contribution in [0.25, 0.3) is 0 Å². The standard InChI is InChI=1S/C16H27N3S/c1-12(2)15-10-18-7-5-4-6-14(18)9-19(15)11-16-17-8-13(3)20-16/h8,12,14-15H,4-7,9-11H2,1-3H3. The fourth-order valence-corrected chi connectivity index (χ4v) is 4.54. The second-order valence-corrected chi connectivity index (χ2v) is 8.07. The lowest BCUT2D eigenvalue weighted by Gasteiger charge is -2.49. The first-order valence-corrected chi connectivity index (χ1v) is 8.84. The molecule has 0 bridgehead atoms. The first kappa shape index (κ1) is 14.5. The highest BCUT2D eigenvalue weighted by atomic mass is 32.1. The van der Waals surface area contributed by atoms with Crippen LogP contribution in [0.2, 0.25) is 0 Å². The van der Waals surface area contributed by atoms with Crippen molar-refractivity contribution in [1.29, 1.82) is 0 Å². The maximum absolute atomic E-state index is 4.57. The number of nitrogens with zero attached hydrogens (tertiary/aromatic N) is 3. The minimum absolute atomic E-state index is 0.688. The normalized spacial score (nSPS) is 28.8. The molecule has 1 aromatic heterocycles. The first-order chi connectivity index (χ1) is 9.63. The fourth-order valence-electron chi connectivity index (χ4n) is 3.73. The van der Waals surface area contributed by atoms with Crippen LogP contribution in [0.5, 0.6) is 0 Å². The smallest absolute Gasteiger partial charge is 0.107 e. The van der Waals surface area contributed by atoms with Crippen LogP contribution in [0.1, 0.15) is 43.0 Å². The van der Waals surface area contributed by atoms with Crippen LogP contribution >= 0.6 is 11.3 Å². The van der Waals surface area contributed by atoms with Gasteiger partial charge in [0.25, 0.3) is 0 Å². The molecule has 0 spiro atoms. The Bertz CT molecular complexity index is 443. The molecular formula is C16H27N3S. The molecule has 0 radical (unpaired) electrons. The molecular weight excluding hydrogens is 266 g/mol. The molecule has 1 aromatic rings. The molecule has 2 aliphatic rings. The van der Waals surface area contributed by atoms with Gasteiger partial charge in [-0.3, -0.25) is 9.80 Å². The lowest BCUT2D eigenvalue weighted by molar-refractivity contribution is -0.0118. The number of aromatic nitrogens is 1. The predicted molar refractivity (Wildman–Crippen MR) is 85.1 cm³/mol. The van der Waals surface area contributed by atoms with Crippen molar-refractivity contribution in [1.82, 2.24) is 14.8 Å². The van der Waals surface area contributed by atoms with Gasteiger partial charge in [-0.15, -0.1) is 11.3 Å². The van der Waals surface area contributed by atoms with Gasteiger partial charge in [0.2, 0.25) is 0 Å². The number of rotatable bonds is 3. The maximum atomic E-state index is 4.57. The van der Waals surface area contributed by atoms with Gasteiger partial charge in [0.15, 0.2) is 0 Å². The molecule has 2 aliphatic heterocycles. The Hall–Kier alpha value is -0.450. The zero-order valence-corrected chi connectivity index (χ0v) is 13.8. The summed E-state index contributed by atoms with van der Waals surface area (Å²) in [4.78, 5) is 11.4. The van der Waals surface area contributed by atoms with Gasteiger partial charge in [0, 0.05) is 36.2 Å². The molecule has 0 N–H and O–H groups in total. The van der Waals surface area contributed by atoms with E-state index in [4.69, 9.17) is 0 Å². The second-order valence-electron chi connectivity index (χ2n) is 6.75. The molecule has 0 saturated carbocycles. The number of hydrogen-bond acceptors (Lipinski definition) is 4. The Morgan fingerprint density at radius 1 is 1.35 bits per heavy atom. The number of piperidine rings is 1. The van der Waals surface area contributed by atoms with Crippen LogP contribution in [0.3, 0.4) is 0 Å². The zero-order valence-electron chi connectivity index (χ0n) is 13.0. The van der Waals surface area contributed by atoms with E-state index in [1.165, 1.54) is 48.8 Å². The Balaban J connectivity index is 1.72. The summed E-state index contributed by atoms with van der Waals surface area (Å²) in [5, 5.41) is 1.29. The summed E-state index contributed by atoms with van der Waals surface area (Å²) in [7, 11) is 0. The third-order valence-electron chi connectivity index (χ3n) is 4.86. The SMILES string of the molecule is Cc1cnc(CN2CC3CCCCN3CC2C(C)C)s1. The van der Waals surface area contributed by atoms with E-state index in [0.29, 0.717) is 6.04 Å². The average molecular weight is 293 g/mol. The Labute approximate surface area is 127 Å². The van der Waals surface area contributed by atoms with Crippen LogP contribution in [0.15, 0.2) is 6.20 Å². The summed E-state index contributed by atoms with van der Waals surface area (Å²) in [5.74, 6) is 0.721. The quantitative estimate of drug-likeness (QED) is 0.853. The summed E-state index contributed by atoms with van der Waals surface area (Å²) in [5.41, 5.74) is 0. The lowest BCUT2D eigenvalue weighted by Crippen LogP contribution is -2.60. The van der Waals surface area contributed by atoms with Crippen molar-refractivity contribution in [2.24, 2.45) is 5.92 Å². The molecule has 3 heterocycles. The van der Waals surface area contributed by atoms with Crippen LogP contribution in [0, 0.1) is 12.8 Å². The summed E-state index contributed by atoms with van der Waals surface area (Å²) in [6, 6.07) is 1.48. The van der Waals surface area contributed by atoms with Crippen molar-refractivity contribution in [2.45, 2.75) is 58.7 Å². The van der Waals surface area contributed by atoms with Gasteiger partial charge >= 0.3 is 0 Å². The number of fused-ring (bicyclic) bond motifs is 1. The minimum atomic E-state index is 0.688. The highest BCUT2D eigenvalue weighted by Crippen LogP contribution is 2.28. The van der Waals surface area contributed by atoms with Crippen molar-refractivity contribution in [3.63, 3.8) is 0 Å². The lowest BCUT2D eigenvalue weighted by atomic mass is 9.92. The van der Waals surface area contributed by atoms with Crippen LogP contribution < -0.4 is 0 Å². The molecule has 112 valence electrons. The van der Waals surface area contributed by atoms with Gasteiger partial charge < -0.3 is 0 Å². The van der Waals surface area contributed by atoms with Gasteiger partial charge in [-0.1, -0.05) is 20.3 Å². The Morgan fingerprint density at radius 3 is 2.90 bits per heavy atom. The molecule has 4 heteroatoms. The van der Waals surface area contributed by atoms with Crippen molar-refractivity contribution in [2.75, 3.05) is 19.6 Å². The van der Waals surface area contributed by atoms with Crippen molar-refractivity contribution >= 4 is 11.3 Å². The predicted octanol–water partition coefficient (Wildman–Crippen LogP) is 3.15. The fraction of sp³-hybridized carbons (Fsp3) is 0.812. The van der Waals surface area contributed by atoms with E-state index in [-0.39, 0.29) is 0 Å². The minimum Gasteiger partial charge on any atom is -0.298 e. The van der Waals surface area contributed by atoms with E-state index in [9.17, 15) is 0 Å². The summed E-state index contributed by atoms with van der Waals surface area (Å²) in [6.45, 7) is 11.8. The molecule has 2 fully saturated rings. The molecule has 0 aliphatic carbocycles. The number of piperazine rings is 1. The van der Waals surface area contributed by atoms with Gasteiger partial charge in [-0.25, -0.2) is 4.98 Å². The Kier molecular flexibility index (Phi) is 4.43. The van der Waals surface area contributed by atoms with E-state index in [0.717, 1.165) is 18.5 Å². The van der Waals surface area contributed by atoms with E-state index in [1.54, 1.807) is 0 Å². The molecule has 3 nitrogen and oxygen atoms in total. The van der Waals surface area contributed by atoms with Crippen molar-refractivity contribution in [3.8, 4) is 0 Å². The summed E-state index contributed by atoms with van der Waals surface area (Å²) >= 11 is 1.86. The summed E-state index contributed by atoms with van der Waals surface area (Å²) in [6.07, 6.45) is 6.21. The number of aryl methyl sites for hydroxylation is 1. The molecule has 2 saturated heterocycles. The van der Waals surface area contributed by atoms with Crippen molar-refractivity contribution in [3.05, 3.63) is 16.1 Å². The number of hydrogen-bond donors (Lipinski definition) is 0. The summed E-state index contributed by atoms with van der Waals surface area (Å²) < 4.78 is 0. The monoisotopic (exact) mass is 293 g/mol. The van der Waals surface area contributed by atoms with E-state index >= 15 is 0 Å². The van der Waals surface area contributed by atoms with Gasteiger partial charge in [0.1, 0.15) is 5.01 Å². The first-order valence-electron chi connectivity index (χ1n) is 8.03. The van der Waals surface area contributed by atoms with E-state index < -0.39 is 0 Å². The molecule has 3 rings (SSSR count). The van der Waals surface area contributed by atoms with Crippen molar-refractivity contribution < 1.29 is 0 Å². The molecule has 0 aromatic carbocycles. The van der Waals surface area contributed by atoms with Gasteiger partial charge in [0.05, 0.1) is 6.54 Å². The zero-order chi connectivity index (χ0) is 14.1. The van der Waals surface area contributed by atoms with Crippen LogP contribution in [-0.2, 0) is 6.54 Å². The second kappa shape index (κ2) is 6.12. The topological polar surface area (TPSA) is 19.4 Å². The molecule has 0 amide bonds. The number of thiazole rings is 1. The maximum Gasteiger partial charge on any atom is 0.107 e. The largest absolute Gasteiger partial charge is 0.298 e. The van der Waals surface area contributed by atoms with E-state index in [2.05, 4.69) is 35.6 Å². The molecule has 2 atom stereocenters. The highest BCUT2D eigenvalue weighted by Gasteiger charge is 2.36. The third-order valence-corrected chi connectivity index (χ3v) is 5.76. The molecule has 2 unspecified atom stereocenters. The average Bonchev–Trinajstić information content (AvgIpc) is 2.83. The van der Waals surface area contributed by atoms with Gasteiger partial charge in [-0.05, 0) is 32.2 Å². The van der Waals surface area contributed by atoms with Crippen LogP contribution in [-0.4, -0.2) is 46.5 Å².